The van der Waals surface area contributed by atoms with Gasteiger partial charge in [-0.3, -0.25) is 0 Å². The number of aromatic nitrogens is 3. The first kappa shape index (κ1) is 11.5. The van der Waals surface area contributed by atoms with Gasteiger partial charge in [0.1, 0.15) is 11.6 Å². The maximum absolute atomic E-state index is 5.59. The summed E-state index contributed by atoms with van der Waals surface area (Å²) in [5.41, 5.74) is 7.50. The van der Waals surface area contributed by atoms with Crippen LogP contribution in [0.4, 0.5) is 5.95 Å². The number of aromatic amines is 1. The van der Waals surface area contributed by atoms with Crippen molar-refractivity contribution in [3.8, 4) is 17.1 Å². The summed E-state index contributed by atoms with van der Waals surface area (Å²) in [6.07, 6.45) is 0. The summed E-state index contributed by atoms with van der Waals surface area (Å²) in [7, 11) is 1.63. The van der Waals surface area contributed by atoms with Crippen LogP contribution in [0.3, 0.4) is 0 Å². The molecule has 0 unspecified atom stereocenters. The average Bonchev–Trinajstić information content (AvgIpc) is 2.28. The van der Waals surface area contributed by atoms with Crippen molar-refractivity contribution >= 4 is 18.2 Å². The molecule has 17 heavy (non-hydrogen) atoms. The topological polar surface area (TPSA) is 76.8 Å². The second kappa shape index (κ2) is 4.50. The Morgan fingerprint density at radius 3 is 2.76 bits per heavy atom. The molecular formula is C11H12N4OS. The highest BCUT2D eigenvalue weighted by molar-refractivity contribution is 7.71. The Balaban J connectivity index is 2.56. The zero-order valence-corrected chi connectivity index (χ0v) is 10.3. The number of aryl methyl sites for hydroxylation is 1. The molecule has 0 aliphatic carbocycles. The van der Waals surface area contributed by atoms with Crippen molar-refractivity contribution in [3.05, 3.63) is 28.5 Å². The highest BCUT2D eigenvalue weighted by atomic mass is 32.1. The zero-order chi connectivity index (χ0) is 12.4. The summed E-state index contributed by atoms with van der Waals surface area (Å²) in [5, 5.41) is 0. The molecule has 5 nitrogen and oxygen atoms in total. The molecule has 1 aromatic heterocycles. The minimum atomic E-state index is 0.218. The molecule has 0 saturated heterocycles. The van der Waals surface area contributed by atoms with Gasteiger partial charge < -0.3 is 15.5 Å². The predicted molar refractivity (Wildman–Crippen MR) is 68.4 cm³/mol. The van der Waals surface area contributed by atoms with Crippen LogP contribution in [-0.4, -0.2) is 22.1 Å². The van der Waals surface area contributed by atoms with E-state index in [1.165, 1.54) is 0 Å². The van der Waals surface area contributed by atoms with E-state index >= 15 is 0 Å². The molecule has 0 radical (unpaired) electrons. The predicted octanol–water partition coefficient (Wildman–Crippen LogP) is 2.10. The summed E-state index contributed by atoms with van der Waals surface area (Å²) in [6.45, 7) is 1.97. The lowest BCUT2D eigenvalue weighted by atomic mass is 10.1. The van der Waals surface area contributed by atoms with Crippen LogP contribution in [0, 0.1) is 11.7 Å². The van der Waals surface area contributed by atoms with E-state index in [1.807, 2.05) is 25.1 Å². The van der Waals surface area contributed by atoms with Crippen molar-refractivity contribution in [1.29, 1.82) is 0 Å². The summed E-state index contributed by atoms with van der Waals surface area (Å²) in [4.78, 5) is 10.8. The summed E-state index contributed by atoms with van der Waals surface area (Å²) < 4.78 is 5.47. The fraction of sp³-hybridized carbons (Fsp3) is 0.182. The van der Waals surface area contributed by atoms with Gasteiger partial charge in [0.2, 0.25) is 10.7 Å². The Morgan fingerprint density at radius 1 is 1.35 bits per heavy atom. The van der Waals surface area contributed by atoms with E-state index in [1.54, 1.807) is 7.11 Å². The highest BCUT2D eigenvalue weighted by Crippen LogP contribution is 2.24. The second-order valence-electron chi connectivity index (χ2n) is 3.55. The van der Waals surface area contributed by atoms with Crippen LogP contribution in [0.25, 0.3) is 11.4 Å². The fourth-order valence-electron chi connectivity index (χ4n) is 1.50. The maximum atomic E-state index is 5.59. The lowest BCUT2D eigenvalue weighted by molar-refractivity contribution is 0.412. The summed E-state index contributed by atoms with van der Waals surface area (Å²) in [5.74, 6) is 1.62. The average molecular weight is 248 g/mol. The van der Waals surface area contributed by atoms with Crippen molar-refractivity contribution in [2.24, 2.45) is 0 Å². The van der Waals surface area contributed by atoms with E-state index in [9.17, 15) is 0 Å². The van der Waals surface area contributed by atoms with Crippen molar-refractivity contribution in [2.45, 2.75) is 6.92 Å². The van der Waals surface area contributed by atoms with Gasteiger partial charge in [0.05, 0.1) is 7.11 Å². The third kappa shape index (κ3) is 2.42. The molecule has 0 fully saturated rings. The van der Waals surface area contributed by atoms with Crippen molar-refractivity contribution in [1.82, 2.24) is 15.0 Å². The number of methoxy groups -OCH3 is 1. The largest absolute Gasteiger partial charge is 0.496 e. The zero-order valence-electron chi connectivity index (χ0n) is 9.52. The molecule has 0 bridgehead atoms. The molecule has 0 spiro atoms. The first-order valence-electron chi connectivity index (χ1n) is 4.99. The normalized spacial score (nSPS) is 10.2. The third-order valence-corrected chi connectivity index (χ3v) is 2.53. The van der Waals surface area contributed by atoms with E-state index < -0.39 is 0 Å². The Bertz CT molecular complexity index is 609. The molecule has 0 aliphatic rings. The molecule has 3 N–H and O–H groups in total. The minimum Gasteiger partial charge on any atom is -0.496 e. The number of anilines is 1. The molecule has 88 valence electrons. The summed E-state index contributed by atoms with van der Waals surface area (Å²) in [6, 6.07) is 5.75. The molecule has 0 saturated carbocycles. The second-order valence-corrected chi connectivity index (χ2v) is 3.91. The van der Waals surface area contributed by atoms with Crippen LogP contribution in [0.2, 0.25) is 0 Å². The molecule has 6 heteroatoms. The number of nitrogens with two attached hydrogens (primary N) is 1. The number of ether oxygens (including phenoxy) is 1. The van der Waals surface area contributed by atoms with Gasteiger partial charge >= 0.3 is 0 Å². The number of nitrogens with zero attached hydrogens (tertiary/aromatic N) is 2. The fourth-order valence-corrected chi connectivity index (χ4v) is 1.69. The number of nitrogen functional groups attached to an aromatic ring is 1. The van der Waals surface area contributed by atoms with Crippen LogP contribution in [0.1, 0.15) is 5.56 Å². The number of rotatable bonds is 2. The lowest BCUT2D eigenvalue weighted by Gasteiger charge is -2.07. The van der Waals surface area contributed by atoms with Crippen molar-refractivity contribution in [3.63, 3.8) is 0 Å². The Hall–Kier alpha value is -1.95. The van der Waals surface area contributed by atoms with E-state index in [0.717, 1.165) is 16.9 Å². The first-order valence-corrected chi connectivity index (χ1v) is 5.40. The monoisotopic (exact) mass is 248 g/mol. The number of nitrogens with one attached hydrogen (secondary N) is 1. The smallest absolute Gasteiger partial charge is 0.224 e. The molecule has 0 amide bonds. The third-order valence-electron chi connectivity index (χ3n) is 2.35. The molecule has 0 aliphatic heterocycles. The molecule has 2 rings (SSSR count). The van der Waals surface area contributed by atoms with Gasteiger partial charge in [-0.2, -0.15) is 4.98 Å². The van der Waals surface area contributed by atoms with Crippen LogP contribution in [0.5, 0.6) is 5.75 Å². The Labute approximate surface area is 104 Å². The summed E-state index contributed by atoms with van der Waals surface area (Å²) >= 11 is 4.92. The van der Waals surface area contributed by atoms with Crippen LogP contribution >= 0.6 is 12.2 Å². The quantitative estimate of drug-likeness (QED) is 0.796. The van der Waals surface area contributed by atoms with Gasteiger partial charge in [0.25, 0.3) is 0 Å². The minimum absolute atomic E-state index is 0.218. The molecule has 2 aromatic rings. The maximum Gasteiger partial charge on any atom is 0.224 e. The number of hydrogen-bond donors (Lipinski definition) is 2. The molecule has 0 atom stereocenters. The van der Waals surface area contributed by atoms with Gasteiger partial charge in [-0.1, -0.05) is 12.1 Å². The SMILES string of the molecule is COc1cc(-c2nc(=S)nc(N)[nH]2)ccc1C. The van der Waals surface area contributed by atoms with E-state index in [4.69, 9.17) is 22.7 Å². The van der Waals surface area contributed by atoms with Crippen LogP contribution in [-0.2, 0) is 0 Å². The van der Waals surface area contributed by atoms with Gasteiger partial charge in [-0.05, 0) is 30.8 Å². The number of hydrogen-bond acceptors (Lipinski definition) is 5. The highest BCUT2D eigenvalue weighted by Gasteiger charge is 2.05. The molecular weight excluding hydrogens is 236 g/mol. The van der Waals surface area contributed by atoms with Gasteiger partial charge in [0.15, 0.2) is 0 Å². The number of benzene rings is 1. The first-order chi connectivity index (χ1) is 8.10. The van der Waals surface area contributed by atoms with Gasteiger partial charge in [0, 0.05) is 5.56 Å². The molecule has 1 aromatic carbocycles. The van der Waals surface area contributed by atoms with Crippen molar-refractivity contribution < 1.29 is 4.74 Å². The van der Waals surface area contributed by atoms with E-state index in [2.05, 4.69) is 15.0 Å². The van der Waals surface area contributed by atoms with E-state index in [-0.39, 0.29) is 10.7 Å². The Morgan fingerprint density at radius 2 is 2.12 bits per heavy atom. The van der Waals surface area contributed by atoms with Crippen LogP contribution in [0.15, 0.2) is 18.2 Å². The van der Waals surface area contributed by atoms with Gasteiger partial charge in [-0.15, -0.1) is 0 Å². The number of H-pyrrole nitrogens is 1. The molecule has 1 heterocycles. The van der Waals surface area contributed by atoms with Gasteiger partial charge in [-0.25, -0.2) is 4.98 Å². The Kier molecular flexibility index (Phi) is 3.06. The van der Waals surface area contributed by atoms with Crippen molar-refractivity contribution in [2.75, 3.05) is 12.8 Å². The standard InChI is InChI=1S/C11H12N4OS/c1-6-3-4-7(5-8(6)16-2)9-13-10(12)15-11(17)14-9/h3-5H,1-2H3,(H3,12,13,14,15,17). The van der Waals surface area contributed by atoms with E-state index in [0.29, 0.717) is 5.82 Å². The van der Waals surface area contributed by atoms with Crippen LogP contribution < -0.4 is 10.5 Å². The lowest BCUT2D eigenvalue weighted by Crippen LogP contribution is -2.00.